The third-order valence-corrected chi connectivity index (χ3v) is 4.20. The predicted octanol–water partition coefficient (Wildman–Crippen LogP) is 3.08. The molecular formula is C20H16F3N3O2. The van der Waals surface area contributed by atoms with Gasteiger partial charge in [-0.05, 0) is 23.8 Å². The molecule has 144 valence electrons. The normalized spacial score (nSPS) is 12.5. The molecular weight excluding hydrogens is 371 g/mol. The number of hydrogen-bond donors (Lipinski definition) is 2. The molecule has 2 aromatic carbocycles. The summed E-state index contributed by atoms with van der Waals surface area (Å²) in [5.74, 6) is -1.44. The maximum Gasteiger partial charge on any atom is 0.416 e. The van der Waals surface area contributed by atoms with Crippen molar-refractivity contribution in [3.05, 3.63) is 77.5 Å². The van der Waals surface area contributed by atoms with E-state index in [-0.39, 0.29) is 17.5 Å². The number of nitrogens with zero attached hydrogens (tertiary/aromatic N) is 1. The Bertz CT molecular complexity index is 1030. The number of rotatable bonds is 5. The Morgan fingerprint density at radius 2 is 1.82 bits per heavy atom. The van der Waals surface area contributed by atoms with Crippen molar-refractivity contribution in [2.45, 2.75) is 18.6 Å². The molecule has 0 radical (unpaired) electrons. The van der Waals surface area contributed by atoms with Crippen molar-refractivity contribution >= 4 is 22.7 Å². The Morgan fingerprint density at radius 3 is 2.54 bits per heavy atom. The molecule has 1 heterocycles. The summed E-state index contributed by atoms with van der Waals surface area (Å²) >= 11 is 0. The SMILES string of the molecule is NC(=O)[C@@H](Cc1cccc(C(F)(F)F)c1)NC(=O)c1cnc2ccccc2c1. The number of para-hydroxylation sites is 1. The molecule has 8 heteroatoms. The minimum absolute atomic E-state index is 0.161. The summed E-state index contributed by atoms with van der Waals surface area (Å²) in [4.78, 5) is 28.4. The highest BCUT2D eigenvalue weighted by molar-refractivity contribution is 5.99. The van der Waals surface area contributed by atoms with Crippen LogP contribution in [0.2, 0.25) is 0 Å². The van der Waals surface area contributed by atoms with E-state index in [1.165, 1.54) is 18.3 Å². The average Bonchev–Trinajstić information content (AvgIpc) is 2.66. The Labute approximate surface area is 158 Å². The second-order valence-electron chi connectivity index (χ2n) is 6.25. The largest absolute Gasteiger partial charge is 0.416 e. The van der Waals surface area contributed by atoms with Crippen molar-refractivity contribution in [1.29, 1.82) is 0 Å². The van der Waals surface area contributed by atoms with Crippen LogP contribution >= 0.6 is 0 Å². The van der Waals surface area contributed by atoms with E-state index in [1.807, 2.05) is 6.07 Å². The van der Waals surface area contributed by atoms with Crippen molar-refractivity contribution in [2.75, 3.05) is 0 Å². The van der Waals surface area contributed by atoms with Crippen molar-refractivity contribution < 1.29 is 22.8 Å². The zero-order valence-corrected chi connectivity index (χ0v) is 14.5. The van der Waals surface area contributed by atoms with E-state index >= 15 is 0 Å². The van der Waals surface area contributed by atoms with Crippen LogP contribution in [-0.4, -0.2) is 22.8 Å². The minimum Gasteiger partial charge on any atom is -0.368 e. The van der Waals surface area contributed by atoms with Gasteiger partial charge in [0.25, 0.3) is 5.91 Å². The summed E-state index contributed by atoms with van der Waals surface area (Å²) in [6.07, 6.45) is -3.30. The van der Waals surface area contributed by atoms with Crippen LogP contribution in [0.1, 0.15) is 21.5 Å². The number of carbonyl (C=O) groups is 2. The molecule has 3 aromatic rings. The average molecular weight is 387 g/mol. The molecule has 2 amide bonds. The van der Waals surface area contributed by atoms with Gasteiger partial charge in [0.1, 0.15) is 6.04 Å². The molecule has 0 aliphatic heterocycles. The van der Waals surface area contributed by atoms with E-state index in [2.05, 4.69) is 10.3 Å². The molecule has 28 heavy (non-hydrogen) atoms. The number of pyridine rings is 1. The number of benzene rings is 2. The zero-order chi connectivity index (χ0) is 20.3. The molecule has 3 rings (SSSR count). The number of hydrogen-bond acceptors (Lipinski definition) is 3. The molecule has 0 aliphatic rings. The van der Waals surface area contributed by atoms with Gasteiger partial charge in [0.05, 0.1) is 16.6 Å². The lowest BCUT2D eigenvalue weighted by atomic mass is 10.0. The highest BCUT2D eigenvalue weighted by Gasteiger charge is 2.30. The molecule has 0 bridgehead atoms. The van der Waals surface area contributed by atoms with E-state index in [4.69, 9.17) is 5.73 Å². The highest BCUT2D eigenvalue weighted by atomic mass is 19.4. The minimum atomic E-state index is -4.50. The summed E-state index contributed by atoms with van der Waals surface area (Å²) in [6, 6.07) is 12.2. The Kier molecular flexibility index (Phi) is 5.30. The summed E-state index contributed by atoms with van der Waals surface area (Å²) in [5.41, 5.74) is 5.65. The van der Waals surface area contributed by atoms with Crippen LogP contribution in [0.4, 0.5) is 13.2 Å². The molecule has 1 atom stereocenters. The number of alkyl halides is 3. The van der Waals surface area contributed by atoms with Gasteiger partial charge in [0.2, 0.25) is 5.91 Å². The van der Waals surface area contributed by atoms with Crippen molar-refractivity contribution in [2.24, 2.45) is 5.73 Å². The molecule has 0 spiro atoms. The number of carbonyl (C=O) groups excluding carboxylic acids is 2. The van der Waals surface area contributed by atoms with Gasteiger partial charge < -0.3 is 11.1 Å². The van der Waals surface area contributed by atoms with Gasteiger partial charge >= 0.3 is 6.18 Å². The number of primary amides is 1. The molecule has 1 aromatic heterocycles. The molecule has 0 saturated heterocycles. The second-order valence-corrected chi connectivity index (χ2v) is 6.25. The smallest absolute Gasteiger partial charge is 0.368 e. The fourth-order valence-corrected chi connectivity index (χ4v) is 2.77. The van der Waals surface area contributed by atoms with Crippen molar-refractivity contribution in [3.63, 3.8) is 0 Å². The van der Waals surface area contributed by atoms with Crippen LogP contribution in [0.25, 0.3) is 10.9 Å². The Hall–Kier alpha value is -3.42. The van der Waals surface area contributed by atoms with Crippen LogP contribution in [0.3, 0.4) is 0 Å². The third-order valence-electron chi connectivity index (χ3n) is 4.20. The molecule has 3 N–H and O–H groups in total. The maximum atomic E-state index is 12.9. The molecule has 0 aliphatic carbocycles. The summed E-state index contributed by atoms with van der Waals surface area (Å²) in [5, 5.41) is 3.21. The summed E-state index contributed by atoms with van der Waals surface area (Å²) < 4.78 is 38.6. The number of fused-ring (bicyclic) bond motifs is 1. The summed E-state index contributed by atoms with van der Waals surface area (Å²) in [7, 11) is 0. The van der Waals surface area contributed by atoms with Crippen molar-refractivity contribution in [1.82, 2.24) is 10.3 Å². The van der Waals surface area contributed by atoms with Gasteiger partial charge in [-0.25, -0.2) is 0 Å². The van der Waals surface area contributed by atoms with Gasteiger partial charge in [-0.3, -0.25) is 14.6 Å². The Balaban J connectivity index is 1.79. The first-order chi connectivity index (χ1) is 13.2. The number of amides is 2. The number of halogens is 3. The van der Waals surface area contributed by atoms with E-state index in [9.17, 15) is 22.8 Å². The van der Waals surface area contributed by atoms with E-state index in [0.29, 0.717) is 5.52 Å². The molecule has 0 fully saturated rings. The molecule has 0 saturated carbocycles. The topological polar surface area (TPSA) is 85.1 Å². The number of nitrogens with one attached hydrogen (secondary N) is 1. The number of nitrogens with two attached hydrogens (primary N) is 1. The van der Waals surface area contributed by atoms with Gasteiger partial charge in [-0.15, -0.1) is 0 Å². The monoisotopic (exact) mass is 387 g/mol. The van der Waals surface area contributed by atoms with E-state index in [0.717, 1.165) is 17.5 Å². The Morgan fingerprint density at radius 1 is 1.07 bits per heavy atom. The fraction of sp³-hybridized carbons (Fsp3) is 0.150. The van der Waals surface area contributed by atoms with Crippen LogP contribution in [0, 0.1) is 0 Å². The maximum absolute atomic E-state index is 12.9. The lowest BCUT2D eigenvalue weighted by molar-refractivity contribution is -0.137. The third kappa shape index (κ3) is 4.46. The first-order valence-corrected chi connectivity index (χ1v) is 8.35. The van der Waals surface area contributed by atoms with Gasteiger partial charge in [-0.1, -0.05) is 36.4 Å². The highest BCUT2D eigenvalue weighted by Crippen LogP contribution is 2.29. The second kappa shape index (κ2) is 7.67. The lowest BCUT2D eigenvalue weighted by Crippen LogP contribution is -2.45. The van der Waals surface area contributed by atoms with Crippen LogP contribution in [0.15, 0.2) is 60.8 Å². The molecule has 0 unspecified atom stereocenters. The lowest BCUT2D eigenvalue weighted by Gasteiger charge is -2.16. The first-order valence-electron chi connectivity index (χ1n) is 8.35. The predicted molar refractivity (Wildman–Crippen MR) is 97.3 cm³/mol. The number of aromatic nitrogens is 1. The molecule has 5 nitrogen and oxygen atoms in total. The van der Waals surface area contributed by atoms with Crippen LogP contribution in [0.5, 0.6) is 0 Å². The van der Waals surface area contributed by atoms with Gasteiger partial charge in [0, 0.05) is 18.0 Å². The fourth-order valence-electron chi connectivity index (χ4n) is 2.77. The van der Waals surface area contributed by atoms with Gasteiger partial charge in [-0.2, -0.15) is 13.2 Å². The first kappa shape index (κ1) is 19.3. The van der Waals surface area contributed by atoms with E-state index in [1.54, 1.807) is 24.3 Å². The quantitative estimate of drug-likeness (QED) is 0.706. The van der Waals surface area contributed by atoms with Crippen molar-refractivity contribution in [3.8, 4) is 0 Å². The standard InChI is InChI=1S/C20H16F3N3O2/c21-20(22,23)15-6-3-4-12(8-15)9-17(18(24)27)26-19(28)14-10-13-5-1-2-7-16(13)25-11-14/h1-8,10-11,17H,9H2,(H2,24,27)(H,26,28)/t17-/m1/s1. The zero-order valence-electron chi connectivity index (χ0n) is 14.5. The van der Waals surface area contributed by atoms with Crippen LogP contribution in [-0.2, 0) is 17.4 Å². The van der Waals surface area contributed by atoms with Gasteiger partial charge in [0.15, 0.2) is 0 Å². The van der Waals surface area contributed by atoms with Crippen LogP contribution < -0.4 is 11.1 Å². The van der Waals surface area contributed by atoms with E-state index < -0.39 is 29.6 Å². The summed E-state index contributed by atoms with van der Waals surface area (Å²) in [6.45, 7) is 0.